The van der Waals surface area contributed by atoms with Crippen molar-refractivity contribution in [3.05, 3.63) is 42.5 Å². The third-order valence-corrected chi connectivity index (χ3v) is 7.90. The first kappa shape index (κ1) is 25.0. The average Bonchev–Trinajstić information content (AvgIpc) is 2.84. The Hall–Kier alpha value is -3.11. The van der Waals surface area contributed by atoms with Crippen LogP contribution in [-0.2, 0) is 19.6 Å². The van der Waals surface area contributed by atoms with Crippen molar-refractivity contribution in [2.75, 3.05) is 40.0 Å². The van der Waals surface area contributed by atoms with Crippen LogP contribution >= 0.6 is 0 Å². The van der Waals surface area contributed by atoms with Gasteiger partial charge in [-0.1, -0.05) is 18.2 Å². The van der Waals surface area contributed by atoms with Gasteiger partial charge in [0.1, 0.15) is 0 Å². The quantitative estimate of drug-likeness (QED) is 0.614. The van der Waals surface area contributed by atoms with Crippen LogP contribution in [0.3, 0.4) is 0 Å². The zero-order chi connectivity index (χ0) is 25.2. The van der Waals surface area contributed by atoms with Crippen LogP contribution in [0.25, 0.3) is 11.1 Å². The van der Waals surface area contributed by atoms with Gasteiger partial charge in [0.15, 0.2) is 0 Å². The number of carbonyl (C=O) groups excluding carboxylic acids is 1. The Morgan fingerprint density at radius 1 is 1.06 bits per heavy atom. The molecular formula is C25H31N3O6S. The Labute approximate surface area is 205 Å². The van der Waals surface area contributed by atoms with Gasteiger partial charge < -0.3 is 14.7 Å². The second-order valence-electron chi connectivity index (χ2n) is 9.05. The summed E-state index contributed by atoms with van der Waals surface area (Å²) in [4.78, 5) is 28.4. The molecule has 10 heteroatoms. The molecule has 0 radical (unpaired) electrons. The van der Waals surface area contributed by atoms with E-state index in [-0.39, 0.29) is 30.2 Å². The number of hydrogen-bond acceptors (Lipinski definition) is 5. The summed E-state index contributed by atoms with van der Waals surface area (Å²) in [7, 11) is -3.38. The van der Waals surface area contributed by atoms with Crippen molar-refractivity contribution in [1.29, 1.82) is 0 Å². The van der Waals surface area contributed by atoms with E-state index >= 15 is 0 Å². The molecule has 0 saturated carbocycles. The van der Waals surface area contributed by atoms with E-state index in [0.29, 0.717) is 36.7 Å². The number of ether oxygens (including phenoxy) is 1. The Morgan fingerprint density at radius 3 is 2.34 bits per heavy atom. The highest BCUT2D eigenvalue weighted by atomic mass is 32.2. The number of anilines is 3. The minimum absolute atomic E-state index is 0.00370. The van der Waals surface area contributed by atoms with Crippen LogP contribution in [0.5, 0.6) is 0 Å². The third kappa shape index (κ3) is 5.59. The fourth-order valence-corrected chi connectivity index (χ4v) is 5.28. The lowest BCUT2D eigenvalue weighted by molar-refractivity contribution is -0.120. The molecule has 0 unspecified atom stereocenters. The number of carbonyl (C=O) groups is 2. The predicted octanol–water partition coefficient (Wildman–Crippen LogP) is 4.15. The number of amides is 2. The highest BCUT2D eigenvalue weighted by Crippen LogP contribution is 2.40. The standard InChI is InChI=1S/C25H31N3O6S/c1-3-35(32,33)26-21-7-4-19(5-8-21)20-6-9-22-23(15-20)27(25(30)31)16-17(2)28(22)24(29)14-18-10-12-34-13-11-18/h4-9,15,17-18,26H,3,10-14,16H2,1-2H3,(H,30,31)/t17-/m0/s1. The number of carboxylic acid groups (broad SMARTS) is 1. The molecule has 2 heterocycles. The number of fused-ring (bicyclic) bond motifs is 1. The molecule has 2 N–H and O–H groups in total. The van der Waals surface area contributed by atoms with Crippen molar-refractivity contribution < 1.29 is 27.9 Å². The molecule has 2 aliphatic rings. The van der Waals surface area contributed by atoms with Crippen LogP contribution in [0, 0.1) is 5.92 Å². The van der Waals surface area contributed by atoms with Crippen LogP contribution in [0.1, 0.15) is 33.1 Å². The van der Waals surface area contributed by atoms with E-state index in [1.807, 2.05) is 13.0 Å². The van der Waals surface area contributed by atoms with E-state index in [9.17, 15) is 23.1 Å². The first-order valence-electron chi connectivity index (χ1n) is 11.8. The van der Waals surface area contributed by atoms with Crippen LogP contribution in [0.2, 0.25) is 0 Å². The number of nitrogens with one attached hydrogen (secondary N) is 1. The largest absolute Gasteiger partial charge is 0.465 e. The van der Waals surface area contributed by atoms with E-state index in [0.717, 1.165) is 24.0 Å². The number of sulfonamides is 1. The third-order valence-electron chi connectivity index (χ3n) is 6.59. The normalized spacial score (nSPS) is 18.7. The molecule has 0 spiro atoms. The minimum Gasteiger partial charge on any atom is -0.465 e. The van der Waals surface area contributed by atoms with Gasteiger partial charge in [-0.05, 0) is 68.0 Å². The lowest BCUT2D eigenvalue weighted by Gasteiger charge is -2.41. The van der Waals surface area contributed by atoms with E-state index in [1.54, 1.807) is 48.2 Å². The van der Waals surface area contributed by atoms with Crippen molar-refractivity contribution in [2.24, 2.45) is 5.92 Å². The van der Waals surface area contributed by atoms with Gasteiger partial charge in [0.2, 0.25) is 15.9 Å². The van der Waals surface area contributed by atoms with E-state index in [4.69, 9.17) is 4.74 Å². The number of benzene rings is 2. The van der Waals surface area contributed by atoms with Gasteiger partial charge >= 0.3 is 6.09 Å². The lowest BCUT2D eigenvalue weighted by Crippen LogP contribution is -2.52. The Balaban J connectivity index is 1.63. The van der Waals surface area contributed by atoms with Crippen LogP contribution in [0.15, 0.2) is 42.5 Å². The van der Waals surface area contributed by atoms with Gasteiger partial charge in [-0.25, -0.2) is 13.2 Å². The average molecular weight is 502 g/mol. The van der Waals surface area contributed by atoms with E-state index in [2.05, 4.69) is 4.72 Å². The molecule has 1 saturated heterocycles. The summed E-state index contributed by atoms with van der Waals surface area (Å²) in [5.41, 5.74) is 3.07. The smallest absolute Gasteiger partial charge is 0.411 e. The molecule has 4 rings (SSSR count). The second kappa shape index (κ2) is 10.2. The first-order chi connectivity index (χ1) is 16.7. The summed E-state index contributed by atoms with van der Waals surface area (Å²) < 4.78 is 31.5. The van der Waals surface area contributed by atoms with E-state index < -0.39 is 16.1 Å². The monoisotopic (exact) mass is 501 g/mol. The van der Waals surface area contributed by atoms with Gasteiger partial charge in [-0.2, -0.15) is 0 Å². The maximum Gasteiger partial charge on any atom is 0.411 e. The van der Waals surface area contributed by atoms with Crippen molar-refractivity contribution >= 4 is 39.1 Å². The molecule has 0 aromatic heterocycles. The molecule has 0 bridgehead atoms. The van der Waals surface area contributed by atoms with Gasteiger partial charge in [-0.15, -0.1) is 0 Å². The van der Waals surface area contributed by atoms with Crippen molar-refractivity contribution in [1.82, 2.24) is 0 Å². The molecule has 35 heavy (non-hydrogen) atoms. The van der Waals surface area contributed by atoms with Crippen LogP contribution in [0.4, 0.5) is 21.9 Å². The summed E-state index contributed by atoms with van der Waals surface area (Å²) in [6.07, 6.45) is 1.05. The van der Waals surface area contributed by atoms with Crippen molar-refractivity contribution in [3.8, 4) is 11.1 Å². The van der Waals surface area contributed by atoms with Gasteiger partial charge in [-0.3, -0.25) is 14.4 Å². The van der Waals surface area contributed by atoms with Gasteiger partial charge in [0.05, 0.1) is 23.2 Å². The summed E-state index contributed by atoms with van der Waals surface area (Å²) in [6.45, 7) is 4.95. The minimum atomic E-state index is -3.38. The molecule has 0 aliphatic carbocycles. The molecule has 2 aliphatic heterocycles. The zero-order valence-electron chi connectivity index (χ0n) is 19.9. The second-order valence-corrected chi connectivity index (χ2v) is 11.1. The van der Waals surface area contributed by atoms with Gasteiger partial charge in [0, 0.05) is 31.9 Å². The molecule has 1 fully saturated rings. The van der Waals surface area contributed by atoms with Crippen molar-refractivity contribution in [3.63, 3.8) is 0 Å². The molecule has 2 aromatic carbocycles. The fraction of sp³-hybridized carbons (Fsp3) is 0.440. The zero-order valence-corrected chi connectivity index (χ0v) is 20.8. The summed E-state index contributed by atoms with van der Waals surface area (Å²) in [5, 5.41) is 9.86. The van der Waals surface area contributed by atoms with E-state index in [1.165, 1.54) is 4.90 Å². The fourth-order valence-electron chi connectivity index (χ4n) is 4.64. The van der Waals surface area contributed by atoms with Gasteiger partial charge in [0.25, 0.3) is 0 Å². The SMILES string of the molecule is CCS(=O)(=O)Nc1ccc(-c2ccc3c(c2)N(C(=O)O)C[C@H](C)N3C(=O)CC2CCOCC2)cc1. The molecule has 2 aromatic rings. The maximum absolute atomic E-state index is 13.3. The summed E-state index contributed by atoms with van der Waals surface area (Å²) in [5.74, 6) is 0.246. The van der Waals surface area contributed by atoms with Crippen LogP contribution in [-0.4, -0.2) is 57.1 Å². The highest BCUT2D eigenvalue weighted by molar-refractivity contribution is 7.92. The first-order valence-corrected chi connectivity index (χ1v) is 13.5. The molecule has 9 nitrogen and oxygen atoms in total. The maximum atomic E-state index is 13.3. The Bertz CT molecular complexity index is 1190. The predicted molar refractivity (Wildman–Crippen MR) is 135 cm³/mol. The molecular weight excluding hydrogens is 470 g/mol. The summed E-state index contributed by atoms with van der Waals surface area (Å²) >= 11 is 0. The number of hydrogen-bond donors (Lipinski definition) is 2. The lowest BCUT2D eigenvalue weighted by atomic mass is 9.94. The van der Waals surface area contributed by atoms with Crippen LogP contribution < -0.4 is 14.5 Å². The summed E-state index contributed by atoms with van der Waals surface area (Å²) in [6, 6.07) is 12.0. The molecule has 1 atom stereocenters. The Kier molecular flexibility index (Phi) is 7.32. The van der Waals surface area contributed by atoms with Crippen molar-refractivity contribution in [2.45, 2.75) is 39.2 Å². The number of rotatable bonds is 6. The highest BCUT2D eigenvalue weighted by Gasteiger charge is 2.35. The topological polar surface area (TPSA) is 116 Å². The molecule has 188 valence electrons. The number of nitrogens with zero attached hydrogens (tertiary/aromatic N) is 2. The molecule has 2 amide bonds. The Morgan fingerprint density at radius 2 is 1.71 bits per heavy atom.